The van der Waals surface area contributed by atoms with E-state index in [0.717, 1.165) is 18.5 Å². The smallest absolute Gasteiger partial charge is 0.123 e. The van der Waals surface area contributed by atoms with Crippen molar-refractivity contribution in [2.24, 2.45) is 0 Å². The van der Waals surface area contributed by atoms with Gasteiger partial charge in [0, 0.05) is 6.04 Å². The van der Waals surface area contributed by atoms with E-state index >= 15 is 0 Å². The second-order valence-electron chi connectivity index (χ2n) is 4.49. The minimum atomic E-state index is 0.470. The summed E-state index contributed by atoms with van der Waals surface area (Å²) in [7, 11) is 0. The topological polar surface area (TPSA) is 50.9 Å². The van der Waals surface area contributed by atoms with Crippen LogP contribution in [0.4, 0.5) is 11.5 Å². The molecular weight excluding hydrogens is 210 g/mol. The summed E-state index contributed by atoms with van der Waals surface area (Å²) in [5.74, 6) is 0.560. The third kappa shape index (κ3) is 2.09. The first kappa shape index (κ1) is 10.1. The molecule has 3 nitrogen and oxygen atoms in total. The van der Waals surface area contributed by atoms with Gasteiger partial charge in [0.25, 0.3) is 0 Å². The van der Waals surface area contributed by atoms with Crippen molar-refractivity contribution in [3.63, 3.8) is 0 Å². The Hall–Kier alpha value is -2.03. The van der Waals surface area contributed by atoms with Crippen molar-refractivity contribution >= 4 is 11.5 Å². The Kier molecular flexibility index (Phi) is 2.44. The van der Waals surface area contributed by atoms with E-state index in [1.165, 1.54) is 11.1 Å². The maximum absolute atomic E-state index is 5.56. The highest BCUT2D eigenvalue weighted by atomic mass is 14.9. The Morgan fingerprint density at radius 1 is 1.06 bits per heavy atom. The molecule has 17 heavy (non-hydrogen) atoms. The SMILES string of the molecule is Nc1ccc(NC2Cc3ccccc3C2)cn1. The van der Waals surface area contributed by atoms with Gasteiger partial charge in [0.1, 0.15) is 5.82 Å². The van der Waals surface area contributed by atoms with Gasteiger partial charge < -0.3 is 11.1 Å². The van der Waals surface area contributed by atoms with Crippen molar-refractivity contribution in [2.45, 2.75) is 18.9 Å². The van der Waals surface area contributed by atoms with Crippen LogP contribution >= 0.6 is 0 Å². The van der Waals surface area contributed by atoms with Crippen molar-refractivity contribution in [3.8, 4) is 0 Å². The monoisotopic (exact) mass is 225 g/mol. The molecule has 0 fully saturated rings. The van der Waals surface area contributed by atoms with Crippen molar-refractivity contribution in [1.82, 2.24) is 4.98 Å². The van der Waals surface area contributed by atoms with Gasteiger partial charge in [-0.05, 0) is 36.1 Å². The number of nitrogens with zero attached hydrogens (tertiary/aromatic N) is 1. The molecule has 3 rings (SSSR count). The fraction of sp³-hybridized carbons (Fsp3) is 0.214. The molecule has 0 spiro atoms. The Balaban J connectivity index is 1.71. The fourth-order valence-electron chi connectivity index (χ4n) is 2.39. The van der Waals surface area contributed by atoms with E-state index in [2.05, 4.69) is 34.6 Å². The summed E-state index contributed by atoms with van der Waals surface area (Å²) >= 11 is 0. The Bertz CT molecular complexity index is 494. The second kappa shape index (κ2) is 4.09. The number of nitrogens with one attached hydrogen (secondary N) is 1. The number of hydrogen-bond donors (Lipinski definition) is 2. The average Bonchev–Trinajstić information content (AvgIpc) is 2.74. The maximum Gasteiger partial charge on any atom is 0.123 e. The van der Waals surface area contributed by atoms with Gasteiger partial charge in [-0.2, -0.15) is 0 Å². The Labute approximate surface area is 101 Å². The van der Waals surface area contributed by atoms with Gasteiger partial charge in [-0.25, -0.2) is 4.98 Å². The standard InChI is InChI=1S/C14H15N3/c15-14-6-5-12(9-16-14)17-13-7-10-3-1-2-4-11(10)8-13/h1-6,9,13,17H,7-8H2,(H2,15,16). The fourth-order valence-corrected chi connectivity index (χ4v) is 2.39. The number of nitrogen functional groups attached to an aromatic ring is 1. The lowest BCUT2D eigenvalue weighted by molar-refractivity contribution is 0.773. The third-order valence-electron chi connectivity index (χ3n) is 3.21. The van der Waals surface area contributed by atoms with Crippen LogP contribution in [0.2, 0.25) is 0 Å². The third-order valence-corrected chi connectivity index (χ3v) is 3.21. The average molecular weight is 225 g/mol. The van der Waals surface area contributed by atoms with Crippen LogP contribution in [0.1, 0.15) is 11.1 Å². The molecule has 0 radical (unpaired) electrons. The van der Waals surface area contributed by atoms with Gasteiger partial charge in [0.2, 0.25) is 0 Å². The Morgan fingerprint density at radius 3 is 2.35 bits per heavy atom. The van der Waals surface area contributed by atoms with Crippen molar-refractivity contribution in [1.29, 1.82) is 0 Å². The number of anilines is 2. The zero-order valence-electron chi connectivity index (χ0n) is 9.56. The van der Waals surface area contributed by atoms with Crippen LogP contribution in [0.3, 0.4) is 0 Å². The zero-order valence-corrected chi connectivity index (χ0v) is 9.56. The van der Waals surface area contributed by atoms with E-state index in [-0.39, 0.29) is 0 Å². The van der Waals surface area contributed by atoms with Crippen LogP contribution in [0.25, 0.3) is 0 Å². The quantitative estimate of drug-likeness (QED) is 0.824. The summed E-state index contributed by atoms with van der Waals surface area (Å²) in [6, 6.07) is 12.9. The molecule has 0 unspecified atom stereocenters. The molecule has 1 aromatic carbocycles. The molecule has 3 heteroatoms. The van der Waals surface area contributed by atoms with Crippen LogP contribution in [-0.2, 0) is 12.8 Å². The largest absolute Gasteiger partial charge is 0.384 e. The first-order valence-electron chi connectivity index (χ1n) is 5.86. The van der Waals surface area contributed by atoms with Crippen LogP contribution in [-0.4, -0.2) is 11.0 Å². The summed E-state index contributed by atoms with van der Waals surface area (Å²) < 4.78 is 0. The molecule has 0 amide bonds. The molecule has 1 aliphatic rings. The van der Waals surface area contributed by atoms with E-state index in [1.54, 1.807) is 6.20 Å². The van der Waals surface area contributed by atoms with E-state index in [1.807, 2.05) is 12.1 Å². The molecule has 86 valence electrons. The number of aromatic nitrogens is 1. The van der Waals surface area contributed by atoms with Gasteiger partial charge in [0.15, 0.2) is 0 Å². The predicted octanol–water partition coefficient (Wildman–Crippen LogP) is 2.24. The molecule has 0 bridgehead atoms. The van der Waals surface area contributed by atoms with Gasteiger partial charge >= 0.3 is 0 Å². The minimum Gasteiger partial charge on any atom is -0.384 e. The van der Waals surface area contributed by atoms with E-state index in [0.29, 0.717) is 11.9 Å². The highest BCUT2D eigenvalue weighted by molar-refractivity contribution is 5.48. The normalized spacial score (nSPS) is 14.6. The molecule has 1 aliphatic carbocycles. The maximum atomic E-state index is 5.56. The van der Waals surface area contributed by atoms with Gasteiger partial charge in [-0.15, -0.1) is 0 Å². The van der Waals surface area contributed by atoms with Crippen LogP contribution in [0, 0.1) is 0 Å². The molecule has 1 aromatic heterocycles. The van der Waals surface area contributed by atoms with Crippen LogP contribution in [0.5, 0.6) is 0 Å². The lowest BCUT2D eigenvalue weighted by Crippen LogP contribution is -2.19. The lowest BCUT2D eigenvalue weighted by atomic mass is 10.1. The highest BCUT2D eigenvalue weighted by Gasteiger charge is 2.20. The molecular formula is C14H15N3. The first-order valence-corrected chi connectivity index (χ1v) is 5.86. The number of pyridine rings is 1. The lowest BCUT2D eigenvalue weighted by Gasteiger charge is -2.13. The van der Waals surface area contributed by atoms with Gasteiger partial charge in [-0.1, -0.05) is 24.3 Å². The summed E-state index contributed by atoms with van der Waals surface area (Å²) in [4.78, 5) is 4.09. The summed E-state index contributed by atoms with van der Waals surface area (Å²) in [6.07, 6.45) is 3.96. The minimum absolute atomic E-state index is 0.470. The Morgan fingerprint density at radius 2 is 1.76 bits per heavy atom. The van der Waals surface area contributed by atoms with Crippen molar-refractivity contribution in [3.05, 3.63) is 53.7 Å². The summed E-state index contributed by atoms with van der Waals surface area (Å²) in [6.45, 7) is 0. The highest BCUT2D eigenvalue weighted by Crippen LogP contribution is 2.24. The number of nitrogens with two attached hydrogens (primary N) is 1. The number of rotatable bonds is 2. The van der Waals surface area contributed by atoms with Crippen molar-refractivity contribution < 1.29 is 0 Å². The van der Waals surface area contributed by atoms with Gasteiger partial charge in [0.05, 0.1) is 11.9 Å². The van der Waals surface area contributed by atoms with E-state index in [4.69, 9.17) is 5.73 Å². The molecule has 0 saturated carbocycles. The molecule has 0 aliphatic heterocycles. The summed E-state index contributed by atoms with van der Waals surface area (Å²) in [5.41, 5.74) is 9.51. The second-order valence-corrected chi connectivity index (χ2v) is 4.49. The number of benzene rings is 1. The van der Waals surface area contributed by atoms with Gasteiger partial charge in [-0.3, -0.25) is 0 Å². The van der Waals surface area contributed by atoms with Crippen LogP contribution < -0.4 is 11.1 Å². The zero-order chi connectivity index (χ0) is 11.7. The van der Waals surface area contributed by atoms with E-state index in [9.17, 15) is 0 Å². The predicted molar refractivity (Wildman–Crippen MR) is 69.9 cm³/mol. The van der Waals surface area contributed by atoms with E-state index < -0.39 is 0 Å². The molecule has 3 N–H and O–H groups in total. The molecule has 2 aromatic rings. The number of fused-ring (bicyclic) bond motifs is 1. The summed E-state index contributed by atoms with van der Waals surface area (Å²) in [5, 5.41) is 3.50. The first-order chi connectivity index (χ1) is 8.31. The molecule has 1 heterocycles. The van der Waals surface area contributed by atoms with Crippen molar-refractivity contribution in [2.75, 3.05) is 11.1 Å². The number of hydrogen-bond acceptors (Lipinski definition) is 3. The van der Waals surface area contributed by atoms with Crippen LogP contribution in [0.15, 0.2) is 42.6 Å². The molecule has 0 atom stereocenters. The molecule has 0 saturated heterocycles.